The summed E-state index contributed by atoms with van der Waals surface area (Å²) in [6, 6.07) is 57.6. The Kier molecular flexibility index (Phi) is 5.90. The van der Waals surface area contributed by atoms with Gasteiger partial charge in [0.15, 0.2) is 0 Å². The van der Waals surface area contributed by atoms with Gasteiger partial charge in [0.2, 0.25) is 0 Å². The van der Waals surface area contributed by atoms with Gasteiger partial charge in [-0.15, -0.1) is 0 Å². The maximum absolute atomic E-state index is 6.66. The summed E-state index contributed by atoms with van der Waals surface area (Å²) in [5.74, 6) is 0.868. The van der Waals surface area contributed by atoms with Gasteiger partial charge in [-0.05, 0) is 53.1 Å². The molecule has 0 fully saturated rings. The highest BCUT2D eigenvalue weighted by Gasteiger charge is 2.27. The van der Waals surface area contributed by atoms with Gasteiger partial charge in [-0.1, -0.05) is 121 Å². The van der Waals surface area contributed by atoms with E-state index in [2.05, 4.69) is 168 Å². The quantitative estimate of drug-likeness (QED) is 0.214. The standard InChI is InChI=1S/C44H29N3O/c1-3-13-28(14-4-1)31-19-11-23-38-41(31)33-18-8-10-22-37(33)47(38)30-25-26-34-40(27-30)48-39-24-12-20-35(42(34)39)43-32-17-7-9-21-36(32)45-44(46-43)29-15-5-2-6-16-29/h1-27,43H,(H,45,46). The van der Waals surface area contributed by atoms with Crippen molar-refractivity contribution in [3.8, 4) is 16.8 Å². The third kappa shape index (κ3) is 4.06. The van der Waals surface area contributed by atoms with Crippen molar-refractivity contribution < 1.29 is 4.42 Å². The Bertz CT molecular complexity index is 2700. The number of amidine groups is 1. The van der Waals surface area contributed by atoms with Crippen LogP contribution >= 0.6 is 0 Å². The summed E-state index contributed by atoms with van der Waals surface area (Å²) in [6.45, 7) is 0. The third-order valence-corrected chi connectivity index (χ3v) is 9.66. The average molecular weight is 616 g/mol. The fraction of sp³-hybridized carbons (Fsp3) is 0.0227. The van der Waals surface area contributed by atoms with E-state index in [0.717, 1.165) is 55.8 Å². The molecule has 7 aromatic carbocycles. The van der Waals surface area contributed by atoms with Gasteiger partial charge >= 0.3 is 0 Å². The summed E-state index contributed by atoms with van der Waals surface area (Å²) in [6.07, 6.45) is 0. The minimum Gasteiger partial charge on any atom is -0.456 e. The Labute approximate surface area is 277 Å². The van der Waals surface area contributed by atoms with Gasteiger partial charge in [-0.25, -0.2) is 0 Å². The molecule has 0 bridgehead atoms. The van der Waals surface area contributed by atoms with Crippen LogP contribution in [0.5, 0.6) is 0 Å². The van der Waals surface area contributed by atoms with Gasteiger partial charge in [0.05, 0.1) is 11.0 Å². The molecule has 2 aromatic heterocycles. The van der Waals surface area contributed by atoms with E-state index in [1.807, 2.05) is 6.07 Å². The second-order valence-electron chi connectivity index (χ2n) is 12.4. The van der Waals surface area contributed by atoms with E-state index in [1.54, 1.807) is 0 Å². The molecular formula is C44H29N3O. The monoisotopic (exact) mass is 615 g/mol. The number of fused-ring (bicyclic) bond motifs is 7. The van der Waals surface area contributed by atoms with Crippen LogP contribution in [0.15, 0.2) is 173 Å². The first-order valence-corrected chi connectivity index (χ1v) is 16.3. The van der Waals surface area contributed by atoms with Gasteiger partial charge < -0.3 is 14.3 Å². The zero-order chi connectivity index (χ0) is 31.6. The Hall–Kier alpha value is -6.39. The van der Waals surface area contributed by atoms with Crippen molar-refractivity contribution >= 4 is 55.3 Å². The molecule has 4 heteroatoms. The number of furan rings is 1. The van der Waals surface area contributed by atoms with Crippen LogP contribution in [0, 0.1) is 0 Å². The van der Waals surface area contributed by atoms with Crippen molar-refractivity contribution in [3.63, 3.8) is 0 Å². The van der Waals surface area contributed by atoms with E-state index in [9.17, 15) is 0 Å². The van der Waals surface area contributed by atoms with Crippen LogP contribution in [0.4, 0.5) is 5.69 Å². The fourth-order valence-electron chi connectivity index (χ4n) is 7.55. The SMILES string of the molecule is c1ccc(C2=NC(c3cccc4oc5cc(-n6c7ccccc7c7c(-c8ccccc8)cccc76)ccc5c34)c3ccccc3N2)cc1. The summed E-state index contributed by atoms with van der Waals surface area (Å²) in [5.41, 5.74) is 12.0. The van der Waals surface area contributed by atoms with Crippen LogP contribution in [0.2, 0.25) is 0 Å². The van der Waals surface area contributed by atoms with Gasteiger partial charge in [-0.2, -0.15) is 0 Å². The number of hydrogen-bond acceptors (Lipinski definition) is 3. The predicted molar refractivity (Wildman–Crippen MR) is 198 cm³/mol. The van der Waals surface area contributed by atoms with Crippen molar-refractivity contribution in [2.24, 2.45) is 4.99 Å². The van der Waals surface area contributed by atoms with Gasteiger partial charge in [0, 0.05) is 50.1 Å². The molecule has 0 radical (unpaired) electrons. The molecule has 1 unspecified atom stereocenters. The van der Waals surface area contributed by atoms with Gasteiger partial charge in [0.25, 0.3) is 0 Å². The molecule has 48 heavy (non-hydrogen) atoms. The van der Waals surface area contributed by atoms with E-state index >= 15 is 0 Å². The molecule has 4 nitrogen and oxygen atoms in total. The number of aliphatic imine (C=N–C) groups is 1. The first-order valence-electron chi connectivity index (χ1n) is 16.3. The van der Waals surface area contributed by atoms with Crippen LogP contribution in [-0.4, -0.2) is 10.4 Å². The fourth-order valence-corrected chi connectivity index (χ4v) is 7.55. The molecule has 0 amide bonds. The minimum absolute atomic E-state index is 0.185. The van der Waals surface area contributed by atoms with Crippen LogP contribution in [0.3, 0.4) is 0 Å². The Morgan fingerprint density at radius 1 is 0.521 bits per heavy atom. The molecular weight excluding hydrogens is 587 g/mol. The second-order valence-corrected chi connectivity index (χ2v) is 12.4. The van der Waals surface area contributed by atoms with Crippen LogP contribution in [0.25, 0.3) is 60.6 Å². The largest absolute Gasteiger partial charge is 0.456 e. The Morgan fingerprint density at radius 2 is 1.23 bits per heavy atom. The highest BCUT2D eigenvalue weighted by Crippen LogP contribution is 2.43. The normalized spacial score (nSPS) is 14.3. The highest BCUT2D eigenvalue weighted by atomic mass is 16.3. The van der Waals surface area contributed by atoms with Crippen LogP contribution in [-0.2, 0) is 0 Å². The number of rotatable bonds is 4. The Morgan fingerprint density at radius 3 is 2.10 bits per heavy atom. The number of hydrogen-bond donors (Lipinski definition) is 1. The van der Waals surface area contributed by atoms with E-state index in [0.29, 0.717) is 0 Å². The number of anilines is 1. The molecule has 0 aliphatic carbocycles. The van der Waals surface area contributed by atoms with Crippen molar-refractivity contribution in [1.82, 2.24) is 4.57 Å². The molecule has 0 saturated heterocycles. The molecule has 1 N–H and O–H groups in total. The lowest BCUT2D eigenvalue weighted by Gasteiger charge is -2.26. The average Bonchev–Trinajstić information content (AvgIpc) is 3.70. The van der Waals surface area contributed by atoms with Crippen LogP contribution in [0.1, 0.15) is 22.7 Å². The van der Waals surface area contributed by atoms with Gasteiger partial charge in [0.1, 0.15) is 23.0 Å². The van der Waals surface area contributed by atoms with Crippen molar-refractivity contribution in [2.75, 3.05) is 5.32 Å². The van der Waals surface area contributed by atoms with Gasteiger partial charge in [-0.3, -0.25) is 4.99 Å². The number of para-hydroxylation sites is 2. The molecule has 1 atom stereocenters. The molecule has 226 valence electrons. The summed E-state index contributed by atoms with van der Waals surface area (Å²) < 4.78 is 9.03. The van der Waals surface area contributed by atoms with E-state index in [1.165, 1.54) is 32.9 Å². The number of nitrogens with one attached hydrogen (secondary N) is 1. The first kappa shape index (κ1) is 26.8. The molecule has 9 aromatic rings. The van der Waals surface area contributed by atoms with Crippen molar-refractivity contribution in [2.45, 2.75) is 6.04 Å². The number of nitrogens with zero attached hydrogens (tertiary/aromatic N) is 2. The lowest BCUT2D eigenvalue weighted by molar-refractivity contribution is 0.668. The minimum atomic E-state index is -0.185. The molecule has 1 aliphatic rings. The third-order valence-electron chi connectivity index (χ3n) is 9.66. The molecule has 1 aliphatic heterocycles. The zero-order valence-electron chi connectivity index (χ0n) is 26.0. The first-order chi connectivity index (χ1) is 23.8. The lowest BCUT2D eigenvalue weighted by Crippen LogP contribution is -2.22. The highest BCUT2D eigenvalue weighted by molar-refractivity contribution is 6.16. The zero-order valence-corrected chi connectivity index (χ0v) is 26.0. The van der Waals surface area contributed by atoms with Crippen LogP contribution < -0.4 is 5.32 Å². The molecule has 3 heterocycles. The molecule has 0 saturated carbocycles. The Balaban J connectivity index is 1.18. The predicted octanol–water partition coefficient (Wildman–Crippen LogP) is 11.3. The topological polar surface area (TPSA) is 42.5 Å². The second kappa shape index (κ2) is 10.6. The molecule has 0 spiro atoms. The van der Waals surface area contributed by atoms with E-state index < -0.39 is 0 Å². The summed E-state index contributed by atoms with van der Waals surface area (Å²) in [5, 5.41) is 8.26. The summed E-state index contributed by atoms with van der Waals surface area (Å²) in [4.78, 5) is 5.32. The maximum atomic E-state index is 6.66. The summed E-state index contributed by atoms with van der Waals surface area (Å²) in [7, 11) is 0. The summed E-state index contributed by atoms with van der Waals surface area (Å²) >= 11 is 0. The van der Waals surface area contributed by atoms with Crippen molar-refractivity contribution in [1.29, 1.82) is 0 Å². The lowest BCUT2D eigenvalue weighted by atomic mass is 9.92. The number of aromatic nitrogens is 1. The van der Waals surface area contributed by atoms with E-state index in [-0.39, 0.29) is 6.04 Å². The number of benzene rings is 7. The van der Waals surface area contributed by atoms with Crippen molar-refractivity contribution in [3.05, 3.63) is 180 Å². The molecule has 10 rings (SSSR count). The van der Waals surface area contributed by atoms with E-state index in [4.69, 9.17) is 9.41 Å². The smallest absolute Gasteiger partial charge is 0.137 e. The maximum Gasteiger partial charge on any atom is 0.137 e.